The average molecular weight is 506 g/mol. The molecule has 5 rings (SSSR count). The standard InChI is InChI=1S/C23H25F3N6O4/c1-35-20-16(23(24,25)26)8-14(10-27-20)31-7-5-17-13(11-31)9-28-22(30-17)36-15-4-6-32(12-15)21(34)18-2-3-19(33)29-18/h8-10,15,18H,2-7,11-12H2,1H3,(H,29,33). The maximum Gasteiger partial charge on any atom is 0.421 e. The van der Waals surface area contributed by atoms with Gasteiger partial charge in [-0.3, -0.25) is 9.59 Å². The van der Waals surface area contributed by atoms with E-state index < -0.39 is 23.7 Å². The number of nitrogens with one attached hydrogen (secondary N) is 1. The molecular weight excluding hydrogens is 481 g/mol. The maximum absolute atomic E-state index is 13.4. The van der Waals surface area contributed by atoms with Gasteiger partial charge in [-0.2, -0.15) is 18.2 Å². The molecule has 36 heavy (non-hydrogen) atoms. The van der Waals surface area contributed by atoms with Gasteiger partial charge < -0.3 is 24.6 Å². The number of fused-ring (bicyclic) bond motifs is 1. The number of ether oxygens (including phenoxy) is 2. The van der Waals surface area contributed by atoms with Crippen LogP contribution in [0.3, 0.4) is 0 Å². The number of anilines is 1. The number of likely N-dealkylation sites (tertiary alicyclic amines) is 1. The van der Waals surface area contributed by atoms with Crippen LogP contribution in [-0.2, 0) is 28.7 Å². The number of halogens is 3. The Bertz CT molecular complexity index is 1180. The molecular formula is C23H25F3N6O4. The SMILES string of the molecule is COc1ncc(N2CCc3nc(OC4CCN(C(=O)C5CCC(=O)N5)C4)ncc3C2)cc1C(F)(F)F. The van der Waals surface area contributed by atoms with Crippen LogP contribution in [0.2, 0.25) is 0 Å². The van der Waals surface area contributed by atoms with E-state index in [-0.39, 0.29) is 23.9 Å². The average Bonchev–Trinajstić information content (AvgIpc) is 3.51. The third-order valence-corrected chi connectivity index (χ3v) is 6.63. The summed E-state index contributed by atoms with van der Waals surface area (Å²) in [6.07, 6.45) is 0.153. The van der Waals surface area contributed by atoms with Gasteiger partial charge in [-0.1, -0.05) is 0 Å². The summed E-state index contributed by atoms with van der Waals surface area (Å²) < 4.78 is 50.9. The number of amides is 2. The molecule has 2 aromatic heterocycles. The van der Waals surface area contributed by atoms with Gasteiger partial charge in [0.05, 0.1) is 31.2 Å². The summed E-state index contributed by atoms with van der Waals surface area (Å²) in [5.41, 5.74) is 0.975. The van der Waals surface area contributed by atoms with Crippen LogP contribution in [-0.4, -0.2) is 70.6 Å². The summed E-state index contributed by atoms with van der Waals surface area (Å²) in [5, 5.41) is 2.70. The van der Waals surface area contributed by atoms with Gasteiger partial charge in [-0.25, -0.2) is 9.97 Å². The fourth-order valence-corrected chi connectivity index (χ4v) is 4.75. The van der Waals surface area contributed by atoms with E-state index in [4.69, 9.17) is 9.47 Å². The number of nitrogens with zero attached hydrogens (tertiary/aromatic N) is 5. The van der Waals surface area contributed by atoms with Crippen LogP contribution in [0, 0.1) is 0 Å². The second-order valence-corrected chi connectivity index (χ2v) is 9.02. The molecule has 1 N–H and O–H groups in total. The lowest BCUT2D eigenvalue weighted by Crippen LogP contribution is -2.44. The molecule has 5 heterocycles. The number of alkyl halides is 3. The van der Waals surface area contributed by atoms with Crippen molar-refractivity contribution in [1.82, 2.24) is 25.2 Å². The molecule has 0 spiro atoms. The van der Waals surface area contributed by atoms with E-state index in [0.29, 0.717) is 57.5 Å². The third-order valence-electron chi connectivity index (χ3n) is 6.63. The summed E-state index contributed by atoms with van der Waals surface area (Å²) >= 11 is 0. The summed E-state index contributed by atoms with van der Waals surface area (Å²) in [6.45, 7) is 1.71. The van der Waals surface area contributed by atoms with Crippen LogP contribution < -0.4 is 19.7 Å². The molecule has 13 heteroatoms. The first-order valence-electron chi connectivity index (χ1n) is 11.7. The highest BCUT2D eigenvalue weighted by atomic mass is 19.4. The number of rotatable bonds is 5. The van der Waals surface area contributed by atoms with Crippen LogP contribution >= 0.6 is 0 Å². The predicted molar refractivity (Wildman–Crippen MR) is 119 cm³/mol. The van der Waals surface area contributed by atoms with E-state index >= 15 is 0 Å². The van der Waals surface area contributed by atoms with Gasteiger partial charge in [0.15, 0.2) is 0 Å². The van der Waals surface area contributed by atoms with Crippen LogP contribution in [0.1, 0.15) is 36.1 Å². The summed E-state index contributed by atoms with van der Waals surface area (Å²) in [6, 6.07) is 0.785. The van der Waals surface area contributed by atoms with Gasteiger partial charge in [-0.05, 0) is 12.5 Å². The van der Waals surface area contributed by atoms with E-state index in [1.807, 2.05) is 0 Å². The Morgan fingerprint density at radius 1 is 1.17 bits per heavy atom. The molecule has 0 bridgehead atoms. The topological polar surface area (TPSA) is 110 Å². The Balaban J connectivity index is 1.22. The first kappa shape index (κ1) is 24.1. The lowest BCUT2D eigenvalue weighted by molar-refractivity contribution is -0.139. The van der Waals surface area contributed by atoms with Crippen LogP contribution in [0.15, 0.2) is 18.5 Å². The Morgan fingerprint density at radius 3 is 2.72 bits per heavy atom. The highest BCUT2D eigenvalue weighted by Gasteiger charge is 2.37. The molecule has 2 amide bonds. The van der Waals surface area contributed by atoms with Crippen molar-refractivity contribution in [1.29, 1.82) is 0 Å². The molecule has 0 aromatic carbocycles. The summed E-state index contributed by atoms with van der Waals surface area (Å²) in [4.78, 5) is 40.1. The number of pyridine rings is 1. The molecule has 2 fully saturated rings. The molecule has 0 aliphatic carbocycles. The van der Waals surface area contributed by atoms with Crippen molar-refractivity contribution < 1.29 is 32.2 Å². The van der Waals surface area contributed by atoms with Crippen molar-refractivity contribution in [3.63, 3.8) is 0 Å². The number of carbonyl (C=O) groups excluding carboxylic acids is 2. The second kappa shape index (κ2) is 9.43. The number of hydrogen-bond acceptors (Lipinski definition) is 8. The summed E-state index contributed by atoms with van der Waals surface area (Å²) in [5.74, 6) is -0.667. The van der Waals surface area contributed by atoms with Gasteiger partial charge in [0, 0.05) is 50.7 Å². The fourth-order valence-electron chi connectivity index (χ4n) is 4.75. The fraction of sp³-hybridized carbons (Fsp3) is 0.522. The largest absolute Gasteiger partial charge is 0.481 e. The highest BCUT2D eigenvalue weighted by Crippen LogP contribution is 2.37. The third kappa shape index (κ3) is 4.86. The van der Waals surface area contributed by atoms with E-state index in [0.717, 1.165) is 24.4 Å². The minimum Gasteiger partial charge on any atom is -0.481 e. The van der Waals surface area contributed by atoms with E-state index in [9.17, 15) is 22.8 Å². The monoisotopic (exact) mass is 506 g/mol. The smallest absolute Gasteiger partial charge is 0.421 e. The molecule has 0 radical (unpaired) electrons. The number of aromatic nitrogens is 3. The molecule has 3 aliphatic rings. The van der Waals surface area contributed by atoms with E-state index in [2.05, 4.69) is 20.3 Å². The zero-order valence-corrected chi connectivity index (χ0v) is 19.5. The number of methoxy groups -OCH3 is 1. The van der Waals surface area contributed by atoms with Crippen LogP contribution in [0.25, 0.3) is 0 Å². The minimum atomic E-state index is -4.58. The number of carbonyl (C=O) groups is 2. The van der Waals surface area contributed by atoms with Crippen molar-refractivity contribution in [2.45, 2.75) is 50.6 Å². The van der Waals surface area contributed by atoms with E-state index in [1.165, 1.54) is 6.20 Å². The maximum atomic E-state index is 13.4. The molecule has 2 atom stereocenters. The summed E-state index contributed by atoms with van der Waals surface area (Å²) in [7, 11) is 1.15. The van der Waals surface area contributed by atoms with Crippen molar-refractivity contribution in [3.05, 3.63) is 35.3 Å². The van der Waals surface area contributed by atoms with Crippen LogP contribution in [0.5, 0.6) is 11.9 Å². The van der Waals surface area contributed by atoms with E-state index in [1.54, 1.807) is 16.0 Å². The zero-order chi connectivity index (χ0) is 25.4. The van der Waals surface area contributed by atoms with Crippen LogP contribution in [0.4, 0.5) is 18.9 Å². The van der Waals surface area contributed by atoms with Crippen molar-refractivity contribution in [2.75, 3.05) is 31.6 Å². The molecule has 2 saturated heterocycles. The first-order valence-corrected chi connectivity index (χ1v) is 11.7. The molecule has 10 nitrogen and oxygen atoms in total. The van der Waals surface area contributed by atoms with Gasteiger partial charge >= 0.3 is 12.2 Å². The highest BCUT2D eigenvalue weighted by molar-refractivity contribution is 5.90. The molecule has 192 valence electrons. The lowest BCUT2D eigenvalue weighted by Gasteiger charge is -2.30. The van der Waals surface area contributed by atoms with Crippen molar-refractivity contribution in [2.24, 2.45) is 0 Å². The zero-order valence-electron chi connectivity index (χ0n) is 19.5. The Kier molecular flexibility index (Phi) is 6.31. The Labute approximate surface area is 204 Å². The predicted octanol–water partition coefficient (Wildman–Crippen LogP) is 1.72. The first-order chi connectivity index (χ1) is 17.2. The second-order valence-electron chi connectivity index (χ2n) is 9.02. The van der Waals surface area contributed by atoms with Crippen molar-refractivity contribution >= 4 is 17.5 Å². The Hall–Kier alpha value is -3.64. The quantitative estimate of drug-likeness (QED) is 0.653. The van der Waals surface area contributed by atoms with Gasteiger partial charge in [0.2, 0.25) is 17.7 Å². The lowest BCUT2D eigenvalue weighted by atomic mass is 10.1. The normalized spacial score (nSPS) is 21.8. The molecule has 0 saturated carbocycles. The van der Waals surface area contributed by atoms with Gasteiger partial charge in [0.1, 0.15) is 17.7 Å². The molecule has 2 aromatic rings. The van der Waals surface area contributed by atoms with Gasteiger partial charge in [-0.15, -0.1) is 0 Å². The number of hydrogen-bond donors (Lipinski definition) is 1. The van der Waals surface area contributed by atoms with Gasteiger partial charge in [0.25, 0.3) is 0 Å². The van der Waals surface area contributed by atoms with Crippen molar-refractivity contribution in [3.8, 4) is 11.9 Å². The Morgan fingerprint density at radius 2 is 2.00 bits per heavy atom. The molecule has 2 unspecified atom stereocenters. The molecule has 3 aliphatic heterocycles. The minimum absolute atomic E-state index is 0.0971.